The Balaban J connectivity index is 2.05. The summed E-state index contributed by atoms with van der Waals surface area (Å²) in [6, 6.07) is 19.3. The number of carbonyl (C=O) groups is 2. The van der Waals surface area contributed by atoms with E-state index in [2.05, 4.69) is 21.2 Å². The summed E-state index contributed by atoms with van der Waals surface area (Å²) in [5.41, 5.74) is 1.20. The van der Waals surface area contributed by atoms with Crippen molar-refractivity contribution in [2.24, 2.45) is 0 Å². The number of nitrogens with zero attached hydrogens (tertiary/aromatic N) is 2. The van der Waals surface area contributed by atoms with Crippen LogP contribution in [0.3, 0.4) is 0 Å². The van der Waals surface area contributed by atoms with Crippen LogP contribution in [0.5, 0.6) is 0 Å². The van der Waals surface area contributed by atoms with Crippen LogP contribution in [0.2, 0.25) is 5.02 Å². The summed E-state index contributed by atoms with van der Waals surface area (Å²) < 4.78 is 29.7. The van der Waals surface area contributed by atoms with E-state index in [9.17, 15) is 18.0 Å². The van der Waals surface area contributed by atoms with Crippen molar-refractivity contribution < 1.29 is 18.0 Å². The van der Waals surface area contributed by atoms with E-state index in [0.717, 1.165) is 14.3 Å². The van der Waals surface area contributed by atoms with Gasteiger partial charge in [-0.15, -0.1) is 0 Å². The number of anilines is 1. The van der Waals surface area contributed by atoms with Crippen molar-refractivity contribution in [1.82, 2.24) is 10.2 Å². The maximum atomic E-state index is 14.0. The van der Waals surface area contributed by atoms with Gasteiger partial charge >= 0.3 is 0 Å². The van der Waals surface area contributed by atoms with Gasteiger partial charge in [-0.3, -0.25) is 13.9 Å². The highest BCUT2D eigenvalue weighted by atomic mass is 79.9. The van der Waals surface area contributed by atoms with Gasteiger partial charge in [-0.25, -0.2) is 8.42 Å². The molecule has 0 fully saturated rings. The van der Waals surface area contributed by atoms with Crippen LogP contribution in [0.4, 0.5) is 5.69 Å². The maximum absolute atomic E-state index is 14.0. The zero-order valence-corrected chi connectivity index (χ0v) is 25.8. The summed E-state index contributed by atoms with van der Waals surface area (Å²) >= 11 is 9.56. The number of sulfonamides is 1. The SMILES string of the molecule is Cc1cc(Cl)ccc1N(CC(=O)N(Cc1ccc(Br)cc1)[C@H](C)C(=O)NC(C)(C)C)S(=O)(=O)c1ccccc1. The molecule has 0 saturated heterocycles. The third-order valence-electron chi connectivity index (χ3n) is 5.97. The molecule has 0 aliphatic rings. The van der Waals surface area contributed by atoms with Crippen LogP contribution in [0.1, 0.15) is 38.8 Å². The smallest absolute Gasteiger partial charge is 0.264 e. The third kappa shape index (κ3) is 8.06. The molecule has 2 amide bonds. The van der Waals surface area contributed by atoms with Crippen molar-refractivity contribution in [2.75, 3.05) is 10.8 Å². The molecule has 0 aliphatic heterocycles. The first-order valence-electron chi connectivity index (χ1n) is 12.4. The fourth-order valence-corrected chi connectivity index (χ4v) is 5.97. The first kappa shape index (κ1) is 30.7. The second-order valence-electron chi connectivity index (χ2n) is 10.3. The average Bonchev–Trinajstić information content (AvgIpc) is 2.86. The monoisotopic (exact) mass is 633 g/mol. The number of benzene rings is 3. The number of amides is 2. The predicted octanol–water partition coefficient (Wildman–Crippen LogP) is 5.94. The van der Waals surface area contributed by atoms with Crippen molar-refractivity contribution in [3.8, 4) is 0 Å². The van der Waals surface area contributed by atoms with Crippen LogP contribution in [0.25, 0.3) is 0 Å². The molecule has 0 bridgehead atoms. The zero-order valence-electron chi connectivity index (χ0n) is 22.6. The molecule has 1 atom stereocenters. The highest BCUT2D eigenvalue weighted by molar-refractivity contribution is 9.10. The molecule has 0 saturated carbocycles. The standard InChI is InChI=1S/C29H33BrClN3O4S/c1-20-17-24(31)15-16-26(20)34(39(37,38)25-9-7-6-8-10-25)19-27(35)33(18-22-11-13-23(30)14-12-22)21(2)28(36)32-29(3,4)5/h6-17,21H,18-19H2,1-5H3,(H,32,36)/t21-/m1/s1. The Bertz CT molecular complexity index is 1430. The first-order valence-corrected chi connectivity index (χ1v) is 15.0. The average molecular weight is 635 g/mol. The Morgan fingerprint density at radius 1 is 1.00 bits per heavy atom. The van der Waals surface area contributed by atoms with Gasteiger partial charge in [0.05, 0.1) is 10.6 Å². The molecule has 3 aromatic carbocycles. The Morgan fingerprint density at radius 3 is 2.18 bits per heavy atom. The van der Waals surface area contributed by atoms with Gasteiger partial charge in [0.2, 0.25) is 11.8 Å². The molecule has 0 spiro atoms. The summed E-state index contributed by atoms with van der Waals surface area (Å²) in [5.74, 6) is -0.864. The van der Waals surface area contributed by atoms with E-state index in [1.54, 1.807) is 50.2 Å². The molecule has 7 nitrogen and oxygen atoms in total. The summed E-state index contributed by atoms with van der Waals surface area (Å²) in [6.45, 7) is 8.55. The molecule has 0 heterocycles. The molecule has 39 heavy (non-hydrogen) atoms. The highest BCUT2D eigenvalue weighted by Crippen LogP contribution is 2.29. The summed E-state index contributed by atoms with van der Waals surface area (Å²) in [6.07, 6.45) is 0. The quantitative estimate of drug-likeness (QED) is 0.316. The van der Waals surface area contributed by atoms with Gasteiger partial charge in [-0.1, -0.05) is 57.9 Å². The number of nitrogens with one attached hydrogen (secondary N) is 1. The van der Waals surface area contributed by atoms with Crippen LogP contribution in [0.15, 0.2) is 82.2 Å². The first-order chi connectivity index (χ1) is 18.2. The molecule has 10 heteroatoms. The van der Waals surface area contributed by atoms with Gasteiger partial charge in [0.25, 0.3) is 10.0 Å². The van der Waals surface area contributed by atoms with Crippen molar-refractivity contribution in [3.63, 3.8) is 0 Å². The summed E-state index contributed by atoms with van der Waals surface area (Å²) in [4.78, 5) is 28.6. The Morgan fingerprint density at radius 2 is 1.62 bits per heavy atom. The Labute approximate surface area is 244 Å². The van der Waals surface area contributed by atoms with E-state index in [1.807, 2.05) is 45.0 Å². The van der Waals surface area contributed by atoms with E-state index in [0.29, 0.717) is 16.3 Å². The third-order valence-corrected chi connectivity index (χ3v) is 8.51. The number of hydrogen-bond donors (Lipinski definition) is 1. The van der Waals surface area contributed by atoms with Crippen LogP contribution in [0, 0.1) is 6.92 Å². The lowest BCUT2D eigenvalue weighted by molar-refractivity contribution is -0.140. The van der Waals surface area contributed by atoms with Crippen molar-refractivity contribution in [1.29, 1.82) is 0 Å². The van der Waals surface area contributed by atoms with Gasteiger partial charge in [0, 0.05) is 21.6 Å². The highest BCUT2D eigenvalue weighted by Gasteiger charge is 2.33. The lowest BCUT2D eigenvalue weighted by Crippen LogP contribution is -2.54. The van der Waals surface area contributed by atoms with E-state index in [-0.39, 0.29) is 17.3 Å². The minimum absolute atomic E-state index is 0.0464. The van der Waals surface area contributed by atoms with E-state index in [1.165, 1.54) is 17.0 Å². The maximum Gasteiger partial charge on any atom is 0.264 e. The number of halogens is 2. The number of aryl methyl sites for hydroxylation is 1. The second kappa shape index (κ2) is 12.5. The fourth-order valence-electron chi connectivity index (χ4n) is 3.97. The largest absolute Gasteiger partial charge is 0.350 e. The zero-order chi connectivity index (χ0) is 29.0. The number of hydrogen-bond acceptors (Lipinski definition) is 4. The molecule has 0 radical (unpaired) electrons. The van der Waals surface area contributed by atoms with Gasteiger partial charge in [-0.2, -0.15) is 0 Å². The lowest BCUT2D eigenvalue weighted by atomic mass is 10.1. The molecular formula is C29H33BrClN3O4S. The van der Waals surface area contributed by atoms with Crippen LogP contribution >= 0.6 is 27.5 Å². The minimum Gasteiger partial charge on any atom is -0.350 e. The molecule has 3 aromatic rings. The van der Waals surface area contributed by atoms with Gasteiger partial charge < -0.3 is 10.2 Å². The molecule has 0 aromatic heterocycles. The molecular weight excluding hydrogens is 602 g/mol. The van der Waals surface area contributed by atoms with Gasteiger partial charge in [0.1, 0.15) is 12.6 Å². The topological polar surface area (TPSA) is 86.8 Å². The van der Waals surface area contributed by atoms with Gasteiger partial charge in [-0.05, 0) is 88.2 Å². The lowest BCUT2D eigenvalue weighted by Gasteiger charge is -2.34. The van der Waals surface area contributed by atoms with E-state index < -0.39 is 34.1 Å². The molecule has 0 aliphatic carbocycles. The number of carbonyl (C=O) groups excluding carboxylic acids is 2. The summed E-state index contributed by atoms with van der Waals surface area (Å²) in [7, 11) is -4.14. The molecule has 1 N–H and O–H groups in total. The van der Waals surface area contributed by atoms with Crippen LogP contribution in [-0.4, -0.2) is 43.3 Å². The predicted molar refractivity (Wildman–Crippen MR) is 159 cm³/mol. The van der Waals surface area contributed by atoms with Crippen LogP contribution in [-0.2, 0) is 26.2 Å². The van der Waals surface area contributed by atoms with E-state index in [4.69, 9.17) is 11.6 Å². The Kier molecular flexibility index (Phi) is 9.85. The molecule has 208 valence electrons. The number of rotatable bonds is 9. The minimum atomic E-state index is -4.14. The summed E-state index contributed by atoms with van der Waals surface area (Å²) in [5, 5.41) is 3.37. The second-order valence-corrected chi connectivity index (χ2v) is 13.5. The van der Waals surface area contributed by atoms with Crippen molar-refractivity contribution >= 4 is 55.1 Å². The van der Waals surface area contributed by atoms with Crippen molar-refractivity contribution in [2.45, 2.75) is 57.6 Å². The van der Waals surface area contributed by atoms with Crippen LogP contribution < -0.4 is 9.62 Å². The molecule has 0 unspecified atom stereocenters. The fraction of sp³-hybridized carbons (Fsp3) is 0.310. The normalized spacial score (nSPS) is 12.5. The molecule has 3 rings (SSSR count). The van der Waals surface area contributed by atoms with E-state index >= 15 is 0 Å². The Hall–Kier alpha value is -2.88. The van der Waals surface area contributed by atoms with Gasteiger partial charge in [0.15, 0.2) is 0 Å². The van der Waals surface area contributed by atoms with Crippen molar-refractivity contribution in [3.05, 3.63) is 93.4 Å².